The van der Waals surface area contributed by atoms with Crippen LogP contribution < -0.4 is 11.1 Å². The highest BCUT2D eigenvalue weighted by molar-refractivity contribution is 5.78. The molecule has 0 aromatic carbocycles. The van der Waals surface area contributed by atoms with Gasteiger partial charge in [-0.2, -0.15) is 0 Å². The van der Waals surface area contributed by atoms with Crippen LogP contribution in [0.4, 0.5) is 0 Å². The van der Waals surface area contributed by atoms with Gasteiger partial charge < -0.3 is 16.2 Å². The highest BCUT2D eigenvalue weighted by atomic mass is 16.3. The molecule has 0 aromatic heterocycles. The van der Waals surface area contributed by atoms with E-state index < -0.39 is 5.60 Å². The zero-order valence-electron chi connectivity index (χ0n) is 9.46. The topological polar surface area (TPSA) is 75.4 Å². The second-order valence-electron chi connectivity index (χ2n) is 4.49. The second kappa shape index (κ2) is 5.47. The minimum absolute atomic E-state index is 0.0275. The molecule has 1 saturated carbocycles. The molecular weight excluding hydrogens is 192 g/mol. The molecule has 0 bridgehead atoms. The number of hydrogen-bond acceptors (Lipinski definition) is 3. The van der Waals surface area contributed by atoms with Crippen LogP contribution in [-0.2, 0) is 4.79 Å². The summed E-state index contributed by atoms with van der Waals surface area (Å²) in [6, 6.07) is 0. The molecule has 0 saturated heterocycles. The monoisotopic (exact) mass is 214 g/mol. The summed E-state index contributed by atoms with van der Waals surface area (Å²) in [5, 5.41) is 12.8. The van der Waals surface area contributed by atoms with Crippen LogP contribution in [0.3, 0.4) is 0 Å². The van der Waals surface area contributed by atoms with Crippen molar-refractivity contribution in [3.05, 3.63) is 0 Å². The van der Waals surface area contributed by atoms with E-state index in [-0.39, 0.29) is 11.8 Å². The Balaban J connectivity index is 2.32. The summed E-state index contributed by atoms with van der Waals surface area (Å²) >= 11 is 0. The van der Waals surface area contributed by atoms with E-state index in [1.807, 2.05) is 6.92 Å². The Bertz CT molecular complexity index is 209. The maximum atomic E-state index is 11.6. The van der Waals surface area contributed by atoms with Crippen molar-refractivity contribution in [2.75, 3.05) is 13.1 Å². The molecule has 0 aromatic rings. The number of carbonyl (C=O) groups excluding carboxylic acids is 1. The van der Waals surface area contributed by atoms with Crippen LogP contribution >= 0.6 is 0 Å². The van der Waals surface area contributed by atoms with Crippen molar-refractivity contribution in [2.24, 2.45) is 11.7 Å². The Hall–Kier alpha value is -0.610. The van der Waals surface area contributed by atoms with E-state index in [1.165, 1.54) is 0 Å². The summed E-state index contributed by atoms with van der Waals surface area (Å²) in [5.41, 5.74) is 4.81. The lowest BCUT2D eigenvalue weighted by Crippen LogP contribution is -2.44. The molecule has 0 radical (unpaired) electrons. The molecule has 1 aliphatic carbocycles. The van der Waals surface area contributed by atoms with E-state index in [9.17, 15) is 9.90 Å². The van der Waals surface area contributed by atoms with Crippen molar-refractivity contribution in [1.29, 1.82) is 0 Å². The molecule has 0 aliphatic heterocycles. The van der Waals surface area contributed by atoms with Crippen LogP contribution in [0.25, 0.3) is 0 Å². The summed E-state index contributed by atoms with van der Waals surface area (Å²) in [5.74, 6) is -0.143. The van der Waals surface area contributed by atoms with Crippen LogP contribution in [0.1, 0.15) is 39.0 Å². The van der Waals surface area contributed by atoms with E-state index in [2.05, 4.69) is 5.32 Å². The van der Waals surface area contributed by atoms with Gasteiger partial charge >= 0.3 is 0 Å². The van der Waals surface area contributed by atoms with Crippen molar-refractivity contribution in [2.45, 2.75) is 44.6 Å². The Kier molecular flexibility index (Phi) is 4.54. The lowest BCUT2D eigenvalue weighted by atomic mass is 10.0. The minimum atomic E-state index is -0.664. The third-order valence-corrected chi connectivity index (χ3v) is 3.27. The van der Waals surface area contributed by atoms with Crippen molar-refractivity contribution >= 4 is 5.91 Å². The first-order valence-electron chi connectivity index (χ1n) is 5.81. The highest BCUT2D eigenvalue weighted by Crippen LogP contribution is 2.28. The SMILES string of the molecule is CCC(CN)C(=O)NCC1(O)CCCC1. The molecular formula is C11H22N2O2. The number of amides is 1. The fourth-order valence-electron chi connectivity index (χ4n) is 2.06. The number of aliphatic hydroxyl groups is 1. The van der Waals surface area contributed by atoms with Crippen molar-refractivity contribution in [3.63, 3.8) is 0 Å². The van der Waals surface area contributed by atoms with Gasteiger partial charge in [-0.05, 0) is 19.3 Å². The van der Waals surface area contributed by atoms with E-state index in [4.69, 9.17) is 5.73 Å². The quantitative estimate of drug-likeness (QED) is 0.620. The number of nitrogens with two attached hydrogens (primary N) is 1. The number of carbonyl (C=O) groups is 1. The minimum Gasteiger partial charge on any atom is -0.388 e. The van der Waals surface area contributed by atoms with Crippen LogP contribution in [0, 0.1) is 5.92 Å². The lowest BCUT2D eigenvalue weighted by molar-refractivity contribution is -0.126. The van der Waals surface area contributed by atoms with Gasteiger partial charge in [-0.15, -0.1) is 0 Å². The maximum Gasteiger partial charge on any atom is 0.224 e. The van der Waals surface area contributed by atoms with Crippen LogP contribution in [0.5, 0.6) is 0 Å². The largest absolute Gasteiger partial charge is 0.388 e. The molecule has 1 rings (SSSR count). The average molecular weight is 214 g/mol. The average Bonchev–Trinajstić information content (AvgIpc) is 2.65. The molecule has 4 nitrogen and oxygen atoms in total. The van der Waals surface area contributed by atoms with Gasteiger partial charge in [-0.25, -0.2) is 0 Å². The third kappa shape index (κ3) is 3.47. The van der Waals surface area contributed by atoms with Crippen molar-refractivity contribution in [3.8, 4) is 0 Å². The van der Waals surface area contributed by atoms with E-state index in [1.54, 1.807) is 0 Å². The Morgan fingerprint density at radius 2 is 2.13 bits per heavy atom. The van der Waals surface area contributed by atoms with Gasteiger partial charge in [0, 0.05) is 19.0 Å². The zero-order chi connectivity index (χ0) is 11.3. The molecule has 1 fully saturated rings. The molecule has 1 aliphatic rings. The van der Waals surface area contributed by atoms with Gasteiger partial charge in [0.25, 0.3) is 0 Å². The first-order chi connectivity index (χ1) is 7.11. The number of rotatable bonds is 5. The second-order valence-corrected chi connectivity index (χ2v) is 4.49. The summed E-state index contributed by atoms with van der Waals surface area (Å²) in [7, 11) is 0. The van der Waals surface area contributed by atoms with E-state index in [0.717, 1.165) is 32.1 Å². The van der Waals surface area contributed by atoms with Gasteiger partial charge in [-0.3, -0.25) is 4.79 Å². The molecule has 1 atom stereocenters. The molecule has 0 heterocycles. The third-order valence-electron chi connectivity index (χ3n) is 3.27. The summed E-state index contributed by atoms with van der Waals surface area (Å²) in [4.78, 5) is 11.6. The van der Waals surface area contributed by atoms with Crippen LogP contribution in [0.15, 0.2) is 0 Å². The highest BCUT2D eigenvalue weighted by Gasteiger charge is 2.31. The Labute approximate surface area is 91.2 Å². The van der Waals surface area contributed by atoms with E-state index >= 15 is 0 Å². The lowest BCUT2D eigenvalue weighted by Gasteiger charge is -2.23. The first-order valence-corrected chi connectivity index (χ1v) is 5.81. The Morgan fingerprint density at radius 3 is 2.60 bits per heavy atom. The van der Waals surface area contributed by atoms with Gasteiger partial charge in [0.1, 0.15) is 0 Å². The van der Waals surface area contributed by atoms with E-state index in [0.29, 0.717) is 13.1 Å². The normalized spacial score (nSPS) is 21.3. The predicted molar refractivity (Wildman–Crippen MR) is 59.3 cm³/mol. The molecule has 1 amide bonds. The summed E-state index contributed by atoms with van der Waals surface area (Å²) in [6.07, 6.45) is 4.46. The van der Waals surface area contributed by atoms with Gasteiger partial charge in [0.2, 0.25) is 5.91 Å². The molecule has 15 heavy (non-hydrogen) atoms. The van der Waals surface area contributed by atoms with Crippen molar-refractivity contribution in [1.82, 2.24) is 5.32 Å². The van der Waals surface area contributed by atoms with Crippen LogP contribution in [-0.4, -0.2) is 29.7 Å². The van der Waals surface area contributed by atoms with Crippen molar-refractivity contribution < 1.29 is 9.90 Å². The van der Waals surface area contributed by atoms with Gasteiger partial charge in [0.05, 0.1) is 5.60 Å². The molecule has 88 valence electrons. The first kappa shape index (κ1) is 12.5. The predicted octanol–water partition coefficient (Wildman–Crippen LogP) is 0.393. The standard InChI is InChI=1S/C11H22N2O2/c1-2-9(7-12)10(14)13-8-11(15)5-3-4-6-11/h9,15H,2-8,12H2,1H3,(H,13,14). The fourth-order valence-corrected chi connectivity index (χ4v) is 2.06. The zero-order valence-corrected chi connectivity index (χ0v) is 9.46. The molecule has 4 N–H and O–H groups in total. The molecule has 0 spiro atoms. The summed E-state index contributed by atoms with van der Waals surface area (Å²) < 4.78 is 0. The molecule has 4 heteroatoms. The number of nitrogens with one attached hydrogen (secondary N) is 1. The molecule has 1 unspecified atom stereocenters. The summed E-state index contributed by atoms with van der Waals surface area (Å²) in [6.45, 7) is 2.70. The fraction of sp³-hybridized carbons (Fsp3) is 0.909. The van der Waals surface area contributed by atoms with Gasteiger partial charge in [0.15, 0.2) is 0 Å². The smallest absolute Gasteiger partial charge is 0.224 e. The maximum absolute atomic E-state index is 11.6. The van der Waals surface area contributed by atoms with Crippen LogP contribution in [0.2, 0.25) is 0 Å². The Morgan fingerprint density at radius 1 is 1.53 bits per heavy atom. The number of hydrogen-bond donors (Lipinski definition) is 3. The van der Waals surface area contributed by atoms with Gasteiger partial charge in [-0.1, -0.05) is 19.8 Å².